The Hall–Kier alpha value is -3.75. The number of aryl methyl sites for hydroxylation is 1. The molecule has 216 valence electrons. The van der Waals surface area contributed by atoms with Crippen molar-refractivity contribution in [1.82, 2.24) is 19.9 Å². The summed E-state index contributed by atoms with van der Waals surface area (Å²) in [4.78, 5) is 36.7. The third-order valence-corrected chi connectivity index (χ3v) is 8.74. The molecule has 0 saturated carbocycles. The summed E-state index contributed by atoms with van der Waals surface area (Å²) in [5.41, 5.74) is 3.42. The van der Waals surface area contributed by atoms with Gasteiger partial charge in [0, 0.05) is 69.7 Å². The number of carbonyl (C=O) groups excluding carboxylic acids is 1. The van der Waals surface area contributed by atoms with Crippen LogP contribution >= 0.6 is 0 Å². The van der Waals surface area contributed by atoms with Crippen molar-refractivity contribution in [3.05, 3.63) is 59.5 Å². The molecule has 0 N–H and O–H groups in total. The standard InChI is InChI=1S/C32H40FN7O/c1-23-20-26(31(41)39-13-5-3-4-6-14-39)22-34-30(23)38-18-16-37(17-19-38)29-21-28(25-9-11-27(33)12-10-25)35-32(36-29)40-15-7-8-24(40)2/h9-12,20-22,24H,3-8,13-19H2,1-2H3. The van der Waals surface area contributed by atoms with Gasteiger partial charge in [-0.1, -0.05) is 12.8 Å². The maximum absolute atomic E-state index is 13.6. The maximum atomic E-state index is 13.6. The number of likely N-dealkylation sites (tertiary alicyclic amines) is 1. The Morgan fingerprint density at radius 3 is 2.22 bits per heavy atom. The first-order chi connectivity index (χ1) is 20.0. The van der Waals surface area contributed by atoms with Crippen LogP contribution in [0.2, 0.25) is 0 Å². The molecule has 8 nitrogen and oxygen atoms in total. The Balaban J connectivity index is 1.18. The summed E-state index contributed by atoms with van der Waals surface area (Å²) >= 11 is 0. The first-order valence-corrected chi connectivity index (χ1v) is 15.1. The number of hydrogen-bond acceptors (Lipinski definition) is 7. The van der Waals surface area contributed by atoms with Crippen LogP contribution in [0.3, 0.4) is 0 Å². The molecule has 1 unspecified atom stereocenters. The minimum absolute atomic E-state index is 0.0997. The molecule has 1 aromatic carbocycles. The zero-order valence-corrected chi connectivity index (χ0v) is 24.2. The van der Waals surface area contributed by atoms with Crippen LogP contribution in [-0.2, 0) is 0 Å². The van der Waals surface area contributed by atoms with E-state index >= 15 is 0 Å². The number of rotatable bonds is 5. The number of pyridine rings is 1. The third kappa shape index (κ3) is 5.99. The van der Waals surface area contributed by atoms with Gasteiger partial charge in [-0.25, -0.2) is 14.4 Å². The molecular formula is C32H40FN7O. The van der Waals surface area contributed by atoms with Crippen LogP contribution in [-0.4, -0.2) is 77.6 Å². The van der Waals surface area contributed by atoms with Crippen molar-refractivity contribution in [2.45, 2.75) is 58.4 Å². The van der Waals surface area contributed by atoms with Gasteiger partial charge >= 0.3 is 0 Å². The zero-order valence-electron chi connectivity index (χ0n) is 24.2. The van der Waals surface area contributed by atoms with E-state index in [1.807, 2.05) is 17.0 Å². The van der Waals surface area contributed by atoms with Gasteiger partial charge in [-0.15, -0.1) is 0 Å². The lowest BCUT2D eigenvalue weighted by Crippen LogP contribution is -2.47. The monoisotopic (exact) mass is 557 g/mol. The number of carbonyl (C=O) groups is 1. The Kier molecular flexibility index (Phi) is 8.03. The van der Waals surface area contributed by atoms with Crippen molar-refractivity contribution in [1.29, 1.82) is 0 Å². The number of anilines is 3. The molecule has 0 radical (unpaired) electrons. The number of halogens is 1. The molecule has 3 aliphatic heterocycles. The molecule has 5 heterocycles. The highest BCUT2D eigenvalue weighted by Gasteiger charge is 2.27. The Bertz CT molecular complexity index is 1360. The molecular weight excluding hydrogens is 517 g/mol. The fourth-order valence-corrected chi connectivity index (χ4v) is 6.33. The molecule has 1 amide bonds. The van der Waals surface area contributed by atoms with E-state index in [2.05, 4.69) is 28.5 Å². The second-order valence-corrected chi connectivity index (χ2v) is 11.6. The number of benzene rings is 1. The number of piperazine rings is 1. The number of amides is 1. The minimum Gasteiger partial charge on any atom is -0.353 e. The SMILES string of the molecule is Cc1cc(C(=O)N2CCCCCC2)cnc1N1CCN(c2cc(-c3ccc(F)cc3)nc(N3CCCC3C)n2)CC1. The number of nitrogens with zero attached hydrogens (tertiary/aromatic N) is 7. The maximum Gasteiger partial charge on any atom is 0.255 e. The average molecular weight is 558 g/mol. The highest BCUT2D eigenvalue weighted by molar-refractivity contribution is 5.94. The van der Waals surface area contributed by atoms with Crippen molar-refractivity contribution < 1.29 is 9.18 Å². The summed E-state index contributed by atoms with van der Waals surface area (Å²) in [5.74, 6) is 2.43. The topological polar surface area (TPSA) is 68.7 Å². The molecule has 41 heavy (non-hydrogen) atoms. The smallest absolute Gasteiger partial charge is 0.255 e. The van der Waals surface area contributed by atoms with E-state index in [4.69, 9.17) is 15.0 Å². The van der Waals surface area contributed by atoms with E-state index < -0.39 is 0 Å². The van der Waals surface area contributed by atoms with E-state index in [1.54, 1.807) is 18.3 Å². The lowest BCUT2D eigenvalue weighted by molar-refractivity contribution is 0.0761. The lowest BCUT2D eigenvalue weighted by atomic mass is 10.1. The van der Waals surface area contributed by atoms with Crippen molar-refractivity contribution >= 4 is 23.5 Å². The van der Waals surface area contributed by atoms with Crippen molar-refractivity contribution in [3.63, 3.8) is 0 Å². The summed E-state index contributed by atoms with van der Waals surface area (Å²) in [6, 6.07) is 11.0. The van der Waals surface area contributed by atoms with Gasteiger partial charge in [0.1, 0.15) is 17.5 Å². The number of aromatic nitrogens is 3. The molecule has 3 fully saturated rings. The van der Waals surface area contributed by atoms with Crippen molar-refractivity contribution in [3.8, 4) is 11.3 Å². The van der Waals surface area contributed by atoms with E-state index in [9.17, 15) is 9.18 Å². The van der Waals surface area contributed by atoms with Gasteiger partial charge in [0.15, 0.2) is 0 Å². The van der Waals surface area contributed by atoms with Gasteiger partial charge in [-0.05, 0) is 75.4 Å². The molecule has 0 spiro atoms. The minimum atomic E-state index is -0.254. The molecule has 0 aliphatic carbocycles. The predicted octanol–water partition coefficient (Wildman–Crippen LogP) is 5.32. The molecule has 3 saturated heterocycles. The van der Waals surface area contributed by atoms with E-state index in [-0.39, 0.29) is 11.7 Å². The van der Waals surface area contributed by atoms with Gasteiger partial charge in [-0.3, -0.25) is 4.79 Å². The van der Waals surface area contributed by atoms with Gasteiger partial charge in [0.25, 0.3) is 5.91 Å². The fourth-order valence-electron chi connectivity index (χ4n) is 6.33. The summed E-state index contributed by atoms with van der Waals surface area (Å²) in [7, 11) is 0. The molecule has 2 aromatic heterocycles. The summed E-state index contributed by atoms with van der Waals surface area (Å²) in [6.45, 7) is 10.1. The van der Waals surface area contributed by atoms with Gasteiger partial charge in [0.05, 0.1) is 11.3 Å². The van der Waals surface area contributed by atoms with Crippen LogP contribution < -0.4 is 14.7 Å². The molecule has 3 aromatic rings. The molecule has 6 rings (SSSR count). The van der Waals surface area contributed by atoms with E-state index in [0.29, 0.717) is 11.6 Å². The predicted molar refractivity (Wildman–Crippen MR) is 161 cm³/mol. The summed E-state index contributed by atoms with van der Waals surface area (Å²) < 4.78 is 13.6. The average Bonchev–Trinajstić information content (AvgIpc) is 3.24. The molecule has 0 bridgehead atoms. The van der Waals surface area contributed by atoms with Crippen LogP contribution in [0.1, 0.15) is 61.4 Å². The summed E-state index contributed by atoms with van der Waals surface area (Å²) in [6.07, 6.45) is 8.58. The van der Waals surface area contributed by atoms with E-state index in [0.717, 1.165) is 106 Å². The number of hydrogen-bond donors (Lipinski definition) is 0. The highest BCUT2D eigenvalue weighted by atomic mass is 19.1. The third-order valence-electron chi connectivity index (χ3n) is 8.74. The van der Waals surface area contributed by atoms with Crippen LogP contribution in [0.15, 0.2) is 42.6 Å². The van der Waals surface area contributed by atoms with Crippen LogP contribution in [0.25, 0.3) is 11.3 Å². The molecule has 9 heteroatoms. The first-order valence-electron chi connectivity index (χ1n) is 15.1. The highest BCUT2D eigenvalue weighted by Crippen LogP contribution is 2.30. The Morgan fingerprint density at radius 1 is 0.854 bits per heavy atom. The van der Waals surface area contributed by atoms with Gasteiger partial charge in [-0.2, -0.15) is 4.98 Å². The quantitative estimate of drug-likeness (QED) is 0.421. The summed E-state index contributed by atoms with van der Waals surface area (Å²) in [5, 5.41) is 0. The van der Waals surface area contributed by atoms with E-state index in [1.165, 1.54) is 25.0 Å². The fraction of sp³-hybridized carbons (Fsp3) is 0.500. The zero-order chi connectivity index (χ0) is 28.3. The van der Waals surface area contributed by atoms with Gasteiger partial charge in [0.2, 0.25) is 5.95 Å². The second kappa shape index (κ2) is 12.0. The Morgan fingerprint density at radius 2 is 1.56 bits per heavy atom. The van der Waals surface area contributed by atoms with Crippen molar-refractivity contribution in [2.75, 3.05) is 60.5 Å². The second-order valence-electron chi connectivity index (χ2n) is 11.6. The first kappa shape index (κ1) is 27.4. The lowest BCUT2D eigenvalue weighted by Gasteiger charge is -2.37. The molecule has 1 atom stereocenters. The van der Waals surface area contributed by atoms with Crippen LogP contribution in [0.4, 0.5) is 22.0 Å². The Labute approximate surface area is 242 Å². The normalized spacial score (nSPS) is 19.9. The molecule has 3 aliphatic rings. The van der Waals surface area contributed by atoms with Gasteiger partial charge < -0.3 is 19.6 Å². The van der Waals surface area contributed by atoms with Crippen molar-refractivity contribution in [2.24, 2.45) is 0 Å². The largest absolute Gasteiger partial charge is 0.353 e. The van der Waals surface area contributed by atoms with Crippen LogP contribution in [0.5, 0.6) is 0 Å². The van der Waals surface area contributed by atoms with Crippen LogP contribution in [0, 0.1) is 12.7 Å².